The summed E-state index contributed by atoms with van der Waals surface area (Å²) in [5.41, 5.74) is 0. The zero-order valence-corrected chi connectivity index (χ0v) is 14.9. The molecule has 2 N–H and O–H groups in total. The number of piperidine rings is 1. The SMILES string of the molecule is O=C(NCC1CCCN1)C1CCN(S(=O)(=O)c2ccccc2F)CC1. The van der Waals surface area contributed by atoms with Gasteiger partial charge in [-0.05, 0) is 44.4 Å². The van der Waals surface area contributed by atoms with E-state index in [1.165, 1.54) is 22.5 Å². The van der Waals surface area contributed by atoms with Crippen LogP contribution < -0.4 is 10.6 Å². The van der Waals surface area contributed by atoms with Gasteiger partial charge in [0.25, 0.3) is 0 Å². The van der Waals surface area contributed by atoms with Gasteiger partial charge in [-0.2, -0.15) is 4.31 Å². The zero-order chi connectivity index (χ0) is 17.9. The predicted octanol–water partition coefficient (Wildman–Crippen LogP) is 1.09. The van der Waals surface area contributed by atoms with Crippen LogP contribution in [0.15, 0.2) is 29.2 Å². The highest BCUT2D eigenvalue weighted by molar-refractivity contribution is 7.89. The molecule has 0 aromatic heterocycles. The van der Waals surface area contributed by atoms with Crippen molar-refractivity contribution in [3.8, 4) is 0 Å². The molecule has 0 saturated carbocycles. The highest BCUT2D eigenvalue weighted by atomic mass is 32.2. The van der Waals surface area contributed by atoms with Crippen LogP contribution in [0.1, 0.15) is 25.7 Å². The molecule has 0 spiro atoms. The number of nitrogens with zero attached hydrogens (tertiary/aromatic N) is 1. The maximum atomic E-state index is 13.8. The normalized spacial score (nSPS) is 22.8. The highest BCUT2D eigenvalue weighted by Crippen LogP contribution is 2.25. The van der Waals surface area contributed by atoms with Gasteiger partial charge in [-0.1, -0.05) is 12.1 Å². The van der Waals surface area contributed by atoms with E-state index in [-0.39, 0.29) is 29.8 Å². The number of carbonyl (C=O) groups is 1. The maximum Gasteiger partial charge on any atom is 0.245 e. The van der Waals surface area contributed by atoms with Crippen molar-refractivity contribution in [1.29, 1.82) is 0 Å². The molecule has 1 aromatic carbocycles. The zero-order valence-electron chi connectivity index (χ0n) is 14.1. The quantitative estimate of drug-likeness (QED) is 0.815. The molecule has 2 saturated heterocycles. The largest absolute Gasteiger partial charge is 0.354 e. The monoisotopic (exact) mass is 369 g/mol. The second-order valence-corrected chi connectivity index (χ2v) is 8.55. The van der Waals surface area contributed by atoms with E-state index in [1.807, 2.05) is 0 Å². The van der Waals surface area contributed by atoms with Crippen molar-refractivity contribution in [2.75, 3.05) is 26.2 Å². The summed E-state index contributed by atoms with van der Waals surface area (Å²) in [6.45, 7) is 2.08. The number of rotatable bonds is 5. The molecule has 2 aliphatic rings. The Morgan fingerprint density at radius 2 is 1.96 bits per heavy atom. The fourth-order valence-corrected chi connectivity index (χ4v) is 4.99. The van der Waals surface area contributed by atoms with Crippen LogP contribution in [0.4, 0.5) is 4.39 Å². The Balaban J connectivity index is 1.54. The van der Waals surface area contributed by atoms with Crippen molar-refractivity contribution < 1.29 is 17.6 Å². The lowest BCUT2D eigenvalue weighted by Gasteiger charge is -2.30. The molecule has 2 heterocycles. The number of hydrogen-bond acceptors (Lipinski definition) is 4. The van der Waals surface area contributed by atoms with Crippen molar-refractivity contribution in [2.45, 2.75) is 36.6 Å². The van der Waals surface area contributed by atoms with Gasteiger partial charge >= 0.3 is 0 Å². The van der Waals surface area contributed by atoms with Gasteiger partial charge in [-0.25, -0.2) is 12.8 Å². The first-order valence-electron chi connectivity index (χ1n) is 8.74. The van der Waals surface area contributed by atoms with Crippen molar-refractivity contribution in [3.05, 3.63) is 30.1 Å². The van der Waals surface area contributed by atoms with Crippen LogP contribution in [0.5, 0.6) is 0 Å². The van der Waals surface area contributed by atoms with E-state index in [0.717, 1.165) is 25.5 Å². The molecule has 1 atom stereocenters. The number of sulfonamides is 1. The lowest BCUT2D eigenvalue weighted by atomic mass is 9.97. The van der Waals surface area contributed by atoms with Gasteiger partial charge in [0.15, 0.2) is 0 Å². The first-order chi connectivity index (χ1) is 12.0. The minimum Gasteiger partial charge on any atom is -0.354 e. The van der Waals surface area contributed by atoms with Crippen LogP contribution in [0.2, 0.25) is 0 Å². The summed E-state index contributed by atoms with van der Waals surface area (Å²) in [5, 5.41) is 6.29. The Kier molecular flexibility index (Phi) is 5.71. The van der Waals surface area contributed by atoms with Crippen molar-refractivity contribution in [1.82, 2.24) is 14.9 Å². The molecule has 8 heteroatoms. The molecule has 2 fully saturated rings. The summed E-state index contributed by atoms with van der Waals surface area (Å²) < 4.78 is 40.2. The highest BCUT2D eigenvalue weighted by Gasteiger charge is 2.33. The van der Waals surface area contributed by atoms with E-state index in [9.17, 15) is 17.6 Å². The third kappa shape index (κ3) is 4.19. The number of amides is 1. The summed E-state index contributed by atoms with van der Waals surface area (Å²) in [7, 11) is -3.85. The van der Waals surface area contributed by atoms with Crippen LogP contribution in [-0.2, 0) is 14.8 Å². The Morgan fingerprint density at radius 1 is 1.24 bits per heavy atom. The van der Waals surface area contributed by atoms with Crippen molar-refractivity contribution in [3.63, 3.8) is 0 Å². The van der Waals surface area contributed by atoms with Crippen LogP contribution in [-0.4, -0.2) is 50.9 Å². The summed E-state index contributed by atoms with van der Waals surface area (Å²) >= 11 is 0. The third-order valence-electron chi connectivity index (χ3n) is 4.96. The molecule has 1 aromatic rings. The molecular weight excluding hydrogens is 345 g/mol. The minimum absolute atomic E-state index is 0.0170. The van der Waals surface area contributed by atoms with Crippen LogP contribution in [0.3, 0.4) is 0 Å². The summed E-state index contributed by atoms with van der Waals surface area (Å²) in [4.78, 5) is 12.0. The van der Waals surface area contributed by atoms with Gasteiger partial charge in [0, 0.05) is 31.6 Å². The molecule has 0 radical (unpaired) electrons. The minimum atomic E-state index is -3.85. The smallest absolute Gasteiger partial charge is 0.245 e. The number of halogens is 1. The Hall–Kier alpha value is -1.51. The second-order valence-electron chi connectivity index (χ2n) is 6.65. The fraction of sp³-hybridized carbons (Fsp3) is 0.588. The van der Waals surface area contributed by atoms with E-state index in [1.54, 1.807) is 0 Å². The molecule has 0 aliphatic carbocycles. The number of benzene rings is 1. The van der Waals surface area contributed by atoms with Crippen molar-refractivity contribution in [2.24, 2.45) is 5.92 Å². The van der Waals surface area contributed by atoms with Gasteiger partial charge in [0.05, 0.1) is 0 Å². The summed E-state index contributed by atoms with van der Waals surface area (Å²) in [5.74, 6) is -0.948. The molecule has 2 aliphatic heterocycles. The van der Waals surface area contributed by atoms with Gasteiger partial charge in [0.2, 0.25) is 15.9 Å². The fourth-order valence-electron chi connectivity index (χ4n) is 3.45. The molecule has 138 valence electrons. The number of hydrogen-bond donors (Lipinski definition) is 2. The second kappa shape index (κ2) is 7.80. The first kappa shape index (κ1) is 18.3. The van der Waals surface area contributed by atoms with E-state index in [2.05, 4.69) is 10.6 Å². The lowest BCUT2D eigenvalue weighted by Crippen LogP contribution is -2.45. The van der Waals surface area contributed by atoms with Crippen LogP contribution in [0.25, 0.3) is 0 Å². The molecule has 3 rings (SSSR count). The van der Waals surface area contributed by atoms with Gasteiger partial charge < -0.3 is 10.6 Å². The van der Waals surface area contributed by atoms with Crippen molar-refractivity contribution >= 4 is 15.9 Å². The van der Waals surface area contributed by atoms with Crippen LogP contribution in [0, 0.1) is 11.7 Å². The number of carbonyl (C=O) groups excluding carboxylic acids is 1. The van der Waals surface area contributed by atoms with Gasteiger partial charge in [-0.15, -0.1) is 0 Å². The van der Waals surface area contributed by atoms with Gasteiger partial charge in [0.1, 0.15) is 10.7 Å². The predicted molar refractivity (Wildman–Crippen MR) is 91.9 cm³/mol. The van der Waals surface area contributed by atoms with Crippen LogP contribution >= 0.6 is 0 Å². The third-order valence-corrected chi connectivity index (χ3v) is 6.90. The average Bonchev–Trinajstić information content (AvgIpc) is 3.13. The number of nitrogens with one attached hydrogen (secondary N) is 2. The molecule has 0 bridgehead atoms. The Bertz CT molecular complexity index is 712. The molecule has 6 nitrogen and oxygen atoms in total. The standard InChI is InChI=1S/C17H24FN3O3S/c18-15-5-1-2-6-16(15)25(23,24)21-10-7-13(8-11-21)17(22)20-12-14-4-3-9-19-14/h1-2,5-6,13-14,19H,3-4,7-12H2,(H,20,22). The summed E-state index contributed by atoms with van der Waals surface area (Å²) in [6.07, 6.45) is 3.11. The molecule has 25 heavy (non-hydrogen) atoms. The lowest BCUT2D eigenvalue weighted by molar-refractivity contribution is -0.126. The summed E-state index contributed by atoms with van der Waals surface area (Å²) in [6, 6.07) is 5.73. The topological polar surface area (TPSA) is 78.5 Å². The van der Waals surface area contributed by atoms with E-state index in [0.29, 0.717) is 25.4 Å². The van der Waals surface area contributed by atoms with E-state index in [4.69, 9.17) is 0 Å². The molecule has 1 unspecified atom stereocenters. The Labute approximate surface area is 147 Å². The first-order valence-corrected chi connectivity index (χ1v) is 10.2. The Morgan fingerprint density at radius 3 is 2.60 bits per heavy atom. The molecular formula is C17H24FN3O3S. The molecule has 1 amide bonds. The van der Waals surface area contributed by atoms with E-state index >= 15 is 0 Å². The maximum absolute atomic E-state index is 13.8. The van der Waals surface area contributed by atoms with E-state index < -0.39 is 15.8 Å². The average molecular weight is 369 g/mol. The van der Waals surface area contributed by atoms with Gasteiger partial charge in [-0.3, -0.25) is 4.79 Å².